The molecule has 0 saturated heterocycles. The molecule has 0 saturated carbocycles. The molecule has 1 aromatic rings. The second-order valence-corrected chi connectivity index (χ2v) is 6.40. The Morgan fingerprint density at radius 2 is 1.88 bits per heavy atom. The third kappa shape index (κ3) is 7.47. The van der Waals surface area contributed by atoms with Crippen molar-refractivity contribution >= 4 is 47.2 Å². The van der Waals surface area contributed by atoms with Gasteiger partial charge in [0.15, 0.2) is 0 Å². The monoisotopic (exact) mass is 404 g/mol. The molecule has 0 aromatic heterocycles. The van der Waals surface area contributed by atoms with Crippen LogP contribution in [0.1, 0.15) is 32.6 Å². The summed E-state index contributed by atoms with van der Waals surface area (Å²) in [6.07, 6.45) is 3.31. The molecule has 0 bridgehead atoms. The Kier molecular flexibility index (Phi) is 9.79. The smallest absolute Gasteiger partial charge is 0.304 e. The van der Waals surface area contributed by atoms with Gasteiger partial charge in [-0.15, -0.1) is 0 Å². The number of urea groups is 1. The van der Waals surface area contributed by atoms with Crippen molar-refractivity contribution in [2.24, 2.45) is 5.92 Å². The molecule has 1 rings (SSSR count). The minimum Gasteiger partial charge on any atom is -0.304 e. The second kappa shape index (κ2) is 11.6. The highest BCUT2D eigenvalue weighted by Crippen LogP contribution is 2.29. The number of unbranched alkanes of at least 4 members (excludes halogenated alkanes) is 2. The average molecular weight is 405 g/mol. The van der Waals surface area contributed by atoms with Crippen LogP contribution < -0.4 is 16.2 Å². The fraction of sp³-hybridized carbons (Fsp3) is 0.438. The SMILES string of the molecule is CCCCC[C@H](CN(O)C=O)C(=O)NNC(=O)Nc1c(Cl)cccc1Cl. The molecule has 0 aliphatic heterocycles. The van der Waals surface area contributed by atoms with E-state index in [1.54, 1.807) is 18.2 Å². The lowest BCUT2D eigenvalue weighted by Gasteiger charge is -2.20. The number of anilines is 1. The number of halogens is 2. The highest BCUT2D eigenvalue weighted by atomic mass is 35.5. The molecule has 4 N–H and O–H groups in total. The third-order valence-electron chi connectivity index (χ3n) is 3.56. The van der Waals surface area contributed by atoms with Crippen LogP contribution in [0.4, 0.5) is 10.5 Å². The van der Waals surface area contributed by atoms with Crippen LogP contribution in [-0.2, 0) is 9.59 Å². The number of rotatable bonds is 9. The first-order chi connectivity index (χ1) is 12.4. The molecule has 0 spiro atoms. The summed E-state index contributed by atoms with van der Waals surface area (Å²) >= 11 is 11.9. The van der Waals surface area contributed by atoms with Gasteiger partial charge in [0, 0.05) is 0 Å². The minimum absolute atomic E-state index is 0.168. The van der Waals surface area contributed by atoms with Crippen molar-refractivity contribution in [3.05, 3.63) is 28.2 Å². The molecule has 4 amide bonds. The van der Waals surface area contributed by atoms with Gasteiger partial charge in [-0.3, -0.25) is 20.2 Å². The normalized spacial score (nSPS) is 11.4. The molecule has 0 fully saturated rings. The van der Waals surface area contributed by atoms with Gasteiger partial charge < -0.3 is 5.32 Å². The summed E-state index contributed by atoms with van der Waals surface area (Å²) in [7, 11) is 0. The van der Waals surface area contributed by atoms with Crippen LogP contribution >= 0.6 is 23.2 Å². The summed E-state index contributed by atoms with van der Waals surface area (Å²) in [4.78, 5) is 34.7. The van der Waals surface area contributed by atoms with Crippen molar-refractivity contribution in [3.8, 4) is 0 Å². The van der Waals surface area contributed by atoms with E-state index >= 15 is 0 Å². The molecule has 26 heavy (non-hydrogen) atoms. The standard InChI is InChI=1S/C16H22Cl2N4O4/c1-2-3-4-6-11(9-22(26)10-23)15(24)20-21-16(25)19-14-12(17)7-5-8-13(14)18/h5,7-8,10-11,26H,2-4,6,9H2,1H3,(H,20,24)(H2,19,21,25)/t11-/m1/s1. The van der Waals surface area contributed by atoms with Crippen LogP contribution in [0.25, 0.3) is 0 Å². The summed E-state index contributed by atoms with van der Waals surface area (Å²) in [5, 5.41) is 12.7. The molecule has 10 heteroatoms. The molecule has 1 aromatic carbocycles. The Hall–Kier alpha value is -2.03. The summed E-state index contributed by atoms with van der Waals surface area (Å²) < 4.78 is 0. The van der Waals surface area contributed by atoms with Crippen LogP contribution in [0.2, 0.25) is 10.0 Å². The van der Waals surface area contributed by atoms with E-state index in [2.05, 4.69) is 16.2 Å². The predicted molar refractivity (Wildman–Crippen MR) is 98.9 cm³/mol. The maximum absolute atomic E-state index is 12.2. The van der Waals surface area contributed by atoms with Gasteiger partial charge in [-0.25, -0.2) is 15.3 Å². The van der Waals surface area contributed by atoms with Gasteiger partial charge in [0.1, 0.15) is 0 Å². The number of benzene rings is 1. The van der Waals surface area contributed by atoms with E-state index < -0.39 is 17.9 Å². The molecule has 0 heterocycles. The number of carbonyl (C=O) groups is 3. The van der Waals surface area contributed by atoms with Crippen molar-refractivity contribution in [1.29, 1.82) is 0 Å². The fourth-order valence-corrected chi connectivity index (χ4v) is 2.69. The fourth-order valence-electron chi connectivity index (χ4n) is 2.20. The van der Waals surface area contributed by atoms with E-state index in [4.69, 9.17) is 23.2 Å². The molecular weight excluding hydrogens is 383 g/mol. The Morgan fingerprint density at radius 1 is 1.23 bits per heavy atom. The quantitative estimate of drug-likeness (QED) is 0.219. The summed E-state index contributed by atoms with van der Waals surface area (Å²) in [5.74, 6) is -1.19. The van der Waals surface area contributed by atoms with E-state index in [1.807, 2.05) is 6.92 Å². The van der Waals surface area contributed by atoms with Crippen LogP contribution in [-0.4, -0.2) is 35.2 Å². The maximum Gasteiger partial charge on any atom is 0.338 e. The Labute approximate surface area is 161 Å². The number of carbonyl (C=O) groups excluding carboxylic acids is 3. The number of nitrogens with one attached hydrogen (secondary N) is 3. The average Bonchev–Trinajstić information content (AvgIpc) is 2.62. The van der Waals surface area contributed by atoms with Gasteiger partial charge in [-0.2, -0.15) is 0 Å². The van der Waals surface area contributed by atoms with Gasteiger partial charge in [0.05, 0.1) is 28.2 Å². The number of amides is 4. The minimum atomic E-state index is -0.739. The number of nitrogens with zero attached hydrogens (tertiary/aromatic N) is 1. The number of hydrogen-bond donors (Lipinski definition) is 4. The number of hydrogen-bond acceptors (Lipinski definition) is 4. The molecule has 0 aliphatic carbocycles. The Bertz CT molecular complexity index is 610. The van der Waals surface area contributed by atoms with Crippen LogP contribution in [0.3, 0.4) is 0 Å². The van der Waals surface area contributed by atoms with Gasteiger partial charge in [0.2, 0.25) is 12.3 Å². The topological polar surface area (TPSA) is 111 Å². The van der Waals surface area contributed by atoms with Crippen LogP contribution in [0.15, 0.2) is 18.2 Å². The predicted octanol–water partition coefficient (Wildman–Crippen LogP) is 3.19. The van der Waals surface area contributed by atoms with Gasteiger partial charge in [-0.1, -0.05) is 55.5 Å². The van der Waals surface area contributed by atoms with Gasteiger partial charge in [0.25, 0.3) is 0 Å². The van der Waals surface area contributed by atoms with E-state index in [9.17, 15) is 19.6 Å². The maximum atomic E-state index is 12.2. The molecule has 0 unspecified atom stereocenters. The lowest BCUT2D eigenvalue weighted by molar-refractivity contribution is -0.154. The molecule has 144 valence electrons. The van der Waals surface area contributed by atoms with Crippen molar-refractivity contribution < 1.29 is 19.6 Å². The summed E-state index contributed by atoms with van der Waals surface area (Å²) in [6.45, 7) is 1.85. The van der Waals surface area contributed by atoms with Crippen molar-refractivity contribution in [1.82, 2.24) is 15.9 Å². The lowest BCUT2D eigenvalue weighted by atomic mass is 10.0. The van der Waals surface area contributed by atoms with Crippen molar-refractivity contribution in [2.45, 2.75) is 32.6 Å². The summed E-state index contributed by atoms with van der Waals surface area (Å²) in [5.41, 5.74) is 4.66. The largest absolute Gasteiger partial charge is 0.338 e. The molecule has 1 atom stereocenters. The first kappa shape index (κ1) is 22.0. The van der Waals surface area contributed by atoms with E-state index in [0.717, 1.165) is 19.3 Å². The summed E-state index contributed by atoms with van der Waals surface area (Å²) in [6, 6.07) is 4.00. The Balaban J connectivity index is 2.59. The van der Waals surface area contributed by atoms with Crippen molar-refractivity contribution in [2.75, 3.05) is 11.9 Å². The first-order valence-corrected chi connectivity index (χ1v) is 8.86. The van der Waals surface area contributed by atoms with Gasteiger partial charge in [-0.05, 0) is 18.6 Å². The third-order valence-corrected chi connectivity index (χ3v) is 4.19. The zero-order valence-electron chi connectivity index (χ0n) is 14.3. The van der Waals surface area contributed by atoms with Gasteiger partial charge >= 0.3 is 6.03 Å². The number of hydroxylamine groups is 2. The first-order valence-electron chi connectivity index (χ1n) is 8.10. The number of hydrazine groups is 1. The zero-order valence-corrected chi connectivity index (χ0v) is 15.8. The molecule has 0 aliphatic rings. The van der Waals surface area contributed by atoms with E-state index in [0.29, 0.717) is 11.5 Å². The highest BCUT2D eigenvalue weighted by molar-refractivity contribution is 6.39. The van der Waals surface area contributed by atoms with E-state index in [1.165, 1.54) is 0 Å². The van der Waals surface area contributed by atoms with Crippen molar-refractivity contribution in [3.63, 3.8) is 0 Å². The van der Waals surface area contributed by atoms with Crippen LogP contribution in [0, 0.1) is 5.92 Å². The molecule has 8 nitrogen and oxygen atoms in total. The highest BCUT2D eigenvalue weighted by Gasteiger charge is 2.21. The zero-order chi connectivity index (χ0) is 19.5. The molecule has 0 radical (unpaired) electrons. The number of para-hydroxylation sites is 1. The Morgan fingerprint density at radius 3 is 2.46 bits per heavy atom. The molecular formula is C16H22Cl2N4O4. The lowest BCUT2D eigenvalue weighted by Crippen LogP contribution is -2.48. The second-order valence-electron chi connectivity index (χ2n) is 5.59. The van der Waals surface area contributed by atoms with E-state index in [-0.39, 0.29) is 28.7 Å². The van der Waals surface area contributed by atoms with Crippen LogP contribution in [0.5, 0.6) is 0 Å².